The molecule has 0 fully saturated rings. The van der Waals surface area contributed by atoms with Crippen LogP contribution >= 0.6 is 188 Å². The molecule has 0 N–H and O–H groups in total. The van der Waals surface area contributed by atoms with E-state index in [9.17, 15) is 0 Å². The average Bonchev–Trinajstić information content (AvgIpc) is 3.90. The fourth-order valence-electron chi connectivity index (χ4n) is 3.78. The summed E-state index contributed by atoms with van der Waals surface area (Å²) in [4.78, 5) is 0. The van der Waals surface area contributed by atoms with Crippen LogP contribution in [-0.2, 0) is 0 Å². The molecule has 0 radical (unpaired) electrons. The van der Waals surface area contributed by atoms with E-state index in [1.54, 1.807) is 0 Å². The second kappa shape index (κ2) is 19.0. The summed E-state index contributed by atoms with van der Waals surface area (Å²) >= 11 is 29.7. The molecule has 4 aliphatic rings. The van der Waals surface area contributed by atoms with E-state index >= 15 is 0 Å². The molecular weight excluding hydrogens is 865 g/mol. The summed E-state index contributed by atoms with van der Waals surface area (Å²) in [6.45, 7) is 0. The minimum Gasteiger partial charge on any atom is -0.456 e. The summed E-state index contributed by atoms with van der Waals surface area (Å²) in [5.74, 6) is 1.85. The van der Waals surface area contributed by atoms with Crippen molar-refractivity contribution in [3.05, 3.63) is 86.7 Å². The average molecular weight is 894 g/mol. The van der Waals surface area contributed by atoms with Crippen LogP contribution < -0.4 is 0 Å². The summed E-state index contributed by atoms with van der Waals surface area (Å²) < 4.78 is 23.1. The molecule has 0 saturated carbocycles. The second-order valence-electron chi connectivity index (χ2n) is 8.24. The number of hydrogen-bond acceptors (Lipinski definition) is 17. The van der Waals surface area contributed by atoms with Gasteiger partial charge < -0.3 is 4.42 Å². The fourth-order valence-corrected chi connectivity index (χ4v) is 23.6. The normalized spacial score (nSPS) is 19.0. The molecule has 0 spiro atoms. The molecular formula is C28H28OS16. The van der Waals surface area contributed by atoms with Gasteiger partial charge in [0, 0.05) is 11.1 Å². The van der Waals surface area contributed by atoms with E-state index in [4.69, 9.17) is 4.42 Å². The Morgan fingerprint density at radius 2 is 0.667 bits per heavy atom. The first kappa shape index (κ1) is 39.0. The summed E-state index contributed by atoms with van der Waals surface area (Å²) in [5.41, 5.74) is 2.34. The number of thioether (sulfide) groups is 16. The van der Waals surface area contributed by atoms with Gasteiger partial charge in [-0.1, -0.05) is 94.1 Å². The van der Waals surface area contributed by atoms with Crippen molar-refractivity contribution in [1.29, 1.82) is 0 Å². The van der Waals surface area contributed by atoms with E-state index in [-0.39, 0.29) is 0 Å². The van der Waals surface area contributed by atoms with Crippen molar-refractivity contribution in [3.8, 4) is 0 Å². The molecule has 4 aliphatic heterocycles. The molecule has 1 aromatic heterocycles. The van der Waals surface area contributed by atoms with Gasteiger partial charge in [-0.25, -0.2) is 0 Å². The number of rotatable bonds is 12. The zero-order chi connectivity index (χ0) is 32.1. The maximum atomic E-state index is 6.93. The van der Waals surface area contributed by atoms with Crippen molar-refractivity contribution in [3.63, 3.8) is 0 Å². The third-order valence-electron chi connectivity index (χ3n) is 5.77. The van der Waals surface area contributed by atoms with Crippen molar-refractivity contribution in [2.75, 3.05) is 50.0 Å². The van der Waals surface area contributed by atoms with Crippen LogP contribution in [0.15, 0.2) is 79.5 Å². The number of furan rings is 1. The molecule has 1 aromatic rings. The van der Waals surface area contributed by atoms with Gasteiger partial charge in [0.1, 0.15) is 11.5 Å². The summed E-state index contributed by atoms with van der Waals surface area (Å²) in [5, 5.41) is 0. The van der Waals surface area contributed by atoms with Crippen LogP contribution in [0, 0.1) is 0 Å². The molecule has 17 heteroatoms. The Hall–Kier alpha value is 2.80. The first-order valence-corrected chi connectivity index (χ1v) is 29.0. The minimum atomic E-state index is 0.923. The lowest BCUT2D eigenvalue weighted by molar-refractivity contribution is 0.541. The van der Waals surface area contributed by atoms with E-state index in [0.29, 0.717) is 0 Å². The van der Waals surface area contributed by atoms with Gasteiger partial charge in [-0.05, 0) is 74.3 Å². The van der Waals surface area contributed by atoms with Gasteiger partial charge >= 0.3 is 0 Å². The fraction of sp³-hybridized carbons (Fsp3) is 0.286. The van der Waals surface area contributed by atoms with Crippen molar-refractivity contribution in [2.45, 2.75) is 0 Å². The number of allylic oxidation sites excluding steroid dienone is 4. The van der Waals surface area contributed by atoms with E-state index in [2.05, 4.69) is 74.3 Å². The molecule has 0 bridgehead atoms. The monoisotopic (exact) mass is 892 g/mol. The van der Waals surface area contributed by atoms with E-state index < -0.39 is 0 Å². The molecule has 0 aliphatic carbocycles. The Balaban J connectivity index is 1.57. The first-order chi connectivity index (χ1) is 21.9. The summed E-state index contributed by atoms with van der Waals surface area (Å²) in [7, 11) is 0. The Morgan fingerprint density at radius 1 is 0.422 bits per heavy atom. The lowest BCUT2D eigenvalue weighted by Gasteiger charge is -2.08. The topological polar surface area (TPSA) is 13.1 Å². The lowest BCUT2D eigenvalue weighted by atomic mass is 10.2. The van der Waals surface area contributed by atoms with Crippen LogP contribution in [0.3, 0.4) is 0 Å². The van der Waals surface area contributed by atoms with Crippen LogP contribution in [0.1, 0.15) is 11.5 Å². The van der Waals surface area contributed by atoms with Crippen LogP contribution in [-0.4, -0.2) is 50.0 Å². The molecule has 5 heterocycles. The third kappa shape index (κ3) is 9.43. The van der Waals surface area contributed by atoms with Crippen LogP contribution in [0.4, 0.5) is 0 Å². The predicted octanol–water partition coefficient (Wildman–Crippen LogP) is 15.6. The SMILES string of the molecule is CSC1=C(SC)SC(=CC(=C2SC(SC)=C(SC)S2)c2ccc(C(C=C3SC(SC)=C(SC)S3)=C3SC(SC)=C(SC)S3)o2)S1. The highest BCUT2D eigenvalue weighted by Gasteiger charge is 2.30. The number of hydrogen-bond donors (Lipinski definition) is 0. The van der Waals surface area contributed by atoms with Gasteiger partial charge in [-0.15, -0.1) is 94.1 Å². The van der Waals surface area contributed by atoms with Crippen LogP contribution in [0.25, 0.3) is 11.1 Å². The van der Waals surface area contributed by atoms with Crippen molar-refractivity contribution < 1.29 is 4.42 Å². The Kier molecular flexibility index (Phi) is 16.5. The smallest absolute Gasteiger partial charge is 0.136 e. The molecule has 0 atom stereocenters. The molecule has 0 saturated heterocycles. The Labute approximate surface area is 335 Å². The molecule has 0 amide bonds. The van der Waals surface area contributed by atoms with E-state index in [1.807, 2.05) is 188 Å². The maximum Gasteiger partial charge on any atom is 0.136 e. The van der Waals surface area contributed by atoms with Gasteiger partial charge in [0.05, 0.1) is 50.8 Å². The van der Waals surface area contributed by atoms with Gasteiger partial charge in [-0.3, -0.25) is 0 Å². The Bertz CT molecular complexity index is 1400. The van der Waals surface area contributed by atoms with Gasteiger partial charge in [-0.2, -0.15) is 0 Å². The second-order valence-corrected chi connectivity index (χ2v) is 26.2. The first-order valence-electron chi connectivity index (χ1n) is 12.6. The van der Waals surface area contributed by atoms with Gasteiger partial charge in [0.15, 0.2) is 0 Å². The third-order valence-corrected chi connectivity index (χ3v) is 26.4. The minimum absolute atomic E-state index is 0.923. The molecule has 0 aromatic carbocycles. The Morgan fingerprint density at radius 3 is 0.911 bits per heavy atom. The van der Waals surface area contributed by atoms with Crippen LogP contribution in [0.5, 0.6) is 0 Å². The van der Waals surface area contributed by atoms with Crippen LogP contribution in [0.2, 0.25) is 0 Å². The maximum absolute atomic E-state index is 6.93. The quantitative estimate of drug-likeness (QED) is 0.197. The summed E-state index contributed by atoms with van der Waals surface area (Å²) in [6.07, 6.45) is 22.1. The van der Waals surface area contributed by atoms with E-state index in [0.717, 1.165) is 11.5 Å². The lowest BCUT2D eigenvalue weighted by Crippen LogP contribution is -1.84. The van der Waals surface area contributed by atoms with Gasteiger partial charge in [0.25, 0.3) is 0 Å². The largest absolute Gasteiger partial charge is 0.456 e. The van der Waals surface area contributed by atoms with E-state index in [1.165, 1.54) is 62.0 Å². The zero-order valence-electron chi connectivity index (χ0n) is 25.2. The van der Waals surface area contributed by atoms with Crippen molar-refractivity contribution >= 4 is 199 Å². The standard InChI is InChI=1S/C28H28OS16/c1-30-21-22(31-2)39-17(38-21)11-13(19-42-25(34-5)26(35-6)43-19)15-9-10-16(29-15)14(20-44-27(36-7)28(37-8)45-20)12-18-40-23(32-3)24(33-4)41-18/h9-12H,1-8H3. The molecule has 1 nitrogen and oxygen atoms in total. The molecule has 45 heavy (non-hydrogen) atoms. The highest BCUT2D eigenvalue weighted by atomic mass is 32.3. The highest BCUT2D eigenvalue weighted by molar-refractivity contribution is 8.42. The molecule has 242 valence electrons. The zero-order valence-corrected chi connectivity index (χ0v) is 38.3. The van der Waals surface area contributed by atoms with Crippen molar-refractivity contribution in [2.24, 2.45) is 0 Å². The highest BCUT2D eigenvalue weighted by Crippen LogP contribution is 2.63. The van der Waals surface area contributed by atoms with Crippen molar-refractivity contribution in [1.82, 2.24) is 0 Å². The summed E-state index contributed by atoms with van der Waals surface area (Å²) in [6, 6.07) is 4.37. The molecule has 5 rings (SSSR count). The molecule has 0 unspecified atom stereocenters. The predicted molar refractivity (Wildman–Crippen MR) is 246 cm³/mol. The van der Waals surface area contributed by atoms with Gasteiger partial charge in [0.2, 0.25) is 0 Å².